The molecule has 1 rings (SSSR count). The van der Waals surface area contributed by atoms with E-state index in [1.54, 1.807) is 13.8 Å². The molecule has 0 fully saturated rings. The van der Waals surface area contributed by atoms with Crippen molar-refractivity contribution in [3.63, 3.8) is 0 Å². The van der Waals surface area contributed by atoms with Crippen molar-refractivity contribution < 1.29 is 29.3 Å². The minimum atomic E-state index is -0.815. The molecular weight excluding hydrogens is 264 g/mol. The molecule has 112 valence electrons. The molecular formula is C14H20O6. The molecule has 0 spiro atoms. The molecule has 1 aliphatic rings. The van der Waals surface area contributed by atoms with E-state index in [4.69, 9.17) is 9.47 Å². The number of aliphatic hydroxyl groups excluding tert-OH is 2. The van der Waals surface area contributed by atoms with Crippen molar-refractivity contribution in [3.8, 4) is 0 Å². The van der Waals surface area contributed by atoms with Crippen LogP contribution in [0.2, 0.25) is 0 Å². The molecule has 2 atom stereocenters. The molecule has 0 saturated heterocycles. The summed E-state index contributed by atoms with van der Waals surface area (Å²) in [6.45, 7) is 6.64. The van der Waals surface area contributed by atoms with Gasteiger partial charge in [0.15, 0.2) is 0 Å². The third kappa shape index (κ3) is 2.79. The fraction of sp³-hybridized carbons (Fsp3) is 0.571. The molecule has 0 bridgehead atoms. The van der Waals surface area contributed by atoms with Crippen LogP contribution in [0.3, 0.4) is 0 Å². The van der Waals surface area contributed by atoms with E-state index in [1.807, 2.05) is 0 Å². The molecule has 0 aromatic heterocycles. The van der Waals surface area contributed by atoms with Crippen molar-refractivity contribution in [1.29, 1.82) is 0 Å². The summed E-state index contributed by atoms with van der Waals surface area (Å²) in [5.41, 5.74) is -0.0465. The average molecular weight is 284 g/mol. The highest BCUT2D eigenvalue weighted by Gasteiger charge is 2.39. The summed E-state index contributed by atoms with van der Waals surface area (Å²) in [6, 6.07) is 0. The Morgan fingerprint density at radius 3 is 1.45 bits per heavy atom. The highest BCUT2D eigenvalue weighted by Crippen LogP contribution is 2.37. The molecule has 6 heteroatoms. The molecule has 2 N–H and O–H groups in total. The lowest BCUT2D eigenvalue weighted by molar-refractivity contribution is -0.141. The van der Waals surface area contributed by atoms with Crippen LogP contribution in [-0.2, 0) is 19.1 Å². The third-order valence-electron chi connectivity index (χ3n) is 3.23. The summed E-state index contributed by atoms with van der Waals surface area (Å²) < 4.78 is 9.71. The van der Waals surface area contributed by atoms with E-state index in [0.717, 1.165) is 0 Å². The number of aliphatic hydroxyl groups is 2. The van der Waals surface area contributed by atoms with Gasteiger partial charge in [-0.25, -0.2) is 9.59 Å². The van der Waals surface area contributed by atoms with E-state index in [9.17, 15) is 19.8 Å². The Hall–Kier alpha value is -1.98. The van der Waals surface area contributed by atoms with E-state index in [1.165, 1.54) is 13.8 Å². The Bertz CT molecular complexity index is 430. The molecule has 0 saturated carbocycles. The first-order valence-corrected chi connectivity index (χ1v) is 6.56. The minimum Gasteiger partial charge on any atom is -0.511 e. The minimum absolute atomic E-state index is 0.0232. The number of rotatable bonds is 4. The van der Waals surface area contributed by atoms with Crippen molar-refractivity contribution in [3.05, 3.63) is 22.7 Å². The smallest absolute Gasteiger partial charge is 0.338 e. The number of hydrogen-bond acceptors (Lipinski definition) is 6. The van der Waals surface area contributed by atoms with Gasteiger partial charge in [0.2, 0.25) is 0 Å². The van der Waals surface area contributed by atoms with Gasteiger partial charge in [-0.3, -0.25) is 0 Å². The van der Waals surface area contributed by atoms with Gasteiger partial charge in [-0.15, -0.1) is 0 Å². The highest BCUT2D eigenvalue weighted by molar-refractivity contribution is 5.95. The second kappa shape index (κ2) is 6.45. The highest BCUT2D eigenvalue weighted by atomic mass is 16.5. The lowest BCUT2D eigenvalue weighted by atomic mass is 9.81. The molecule has 20 heavy (non-hydrogen) atoms. The first-order chi connectivity index (χ1) is 9.36. The fourth-order valence-electron chi connectivity index (χ4n) is 2.16. The van der Waals surface area contributed by atoms with Gasteiger partial charge in [0.25, 0.3) is 0 Å². The van der Waals surface area contributed by atoms with Gasteiger partial charge in [0.1, 0.15) is 11.5 Å². The number of hydrogen-bond donors (Lipinski definition) is 2. The molecule has 0 heterocycles. The molecule has 0 aromatic carbocycles. The predicted octanol–water partition coefficient (Wildman–Crippen LogP) is 2.02. The van der Waals surface area contributed by atoms with Gasteiger partial charge in [0.05, 0.1) is 24.4 Å². The maximum Gasteiger partial charge on any atom is 0.338 e. The van der Waals surface area contributed by atoms with Crippen molar-refractivity contribution in [2.24, 2.45) is 11.8 Å². The van der Waals surface area contributed by atoms with Crippen LogP contribution in [-0.4, -0.2) is 35.4 Å². The number of allylic oxidation sites excluding steroid dienone is 2. The monoisotopic (exact) mass is 284 g/mol. The maximum atomic E-state index is 11.8. The lowest BCUT2D eigenvalue weighted by Gasteiger charge is -2.27. The molecule has 1 aliphatic carbocycles. The zero-order chi connectivity index (χ0) is 15.4. The third-order valence-corrected chi connectivity index (χ3v) is 3.23. The average Bonchev–Trinajstić information content (AvgIpc) is 2.37. The van der Waals surface area contributed by atoms with Crippen LogP contribution in [0.5, 0.6) is 0 Å². The van der Waals surface area contributed by atoms with E-state index >= 15 is 0 Å². The van der Waals surface area contributed by atoms with E-state index < -0.39 is 23.8 Å². The van der Waals surface area contributed by atoms with Crippen molar-refractivity contribution >= 4 is 11.9 Å². The number of ether oxygens (including phenoxy) is 2. The van der Waals surface area contributed by atoms with Crippen LogP contribution in [0.25, 0.3) is 0 Å². The Labute approximate surface area is 117 Å². The van der Waals surface area contributed by atoms with Crippen molar-refractivity contribution in [2.75, 3.05) is 13.2 Å². The van der Waals surface area contributed by atoms with E-state index in [0.29, 0.717) is 0 Å². The summed E-state index contributed by atoms with van der Waals surface area (Å²) in [5.74, 6) is -3.56. The summed E-state index contributed by atoms with van der Waals surface area (Å²) in [6.07, 6.45) is 0. The Kier molecular flexibility index (Phi) is 5.19. The van der Waals surface area contributed by atoms with Gasteiger partial charge in [0, 0.05) is 11.8 Å². The predicted molar refractivity (Wildman–Crippen MR) is 70.9 cm³/mol. The second-order valence-electron chi connectivity index (χ2n) is 4.48. The molecule has 0 aliphatic heterocycles. The van der Waals surface area contributed by atoms with Crippen LogP contribution < -0.4 is 0 Å². The maximum absolute atomic E-state index is 11.8. The normalized spacial score (nSPS) is 22.8. The summed E-state index contributed by atoms with van der Waals surface area (Å²) in [4.78, 5) is 23.6. The Balaban J connectivity index is 3.20. The van der Waals surface area contributed by atoms with Crippen molar-refractivity contribution in [2.45, 2.75) is 27.7 Å². The summed E-state index contributed by atoms with van der Waals surface area (Å²) in [5, 5.41) is 20.3. The fourth-order valence-corrected chi connectivity index (χ4v) is 2.16. The molecule has 6 nitrogen and oxygen atoms in total. The zero-order valence-electron chi connectivity index (χ0n) is 12.1. The molecule has 0 amide bonds. The number of esters is 2. The van der Waals surface area contributed by atoms with Crippen LogP contribution in [0.1, 0.15) is 27.7 Å². The topological polar surface area (TPSA) is 93.1 Å². The van der Waals surface area contributed by atoms with Gasteiger partial charge in [-0.1, -0.05) is 13.8 Å². The van der Waals surface area contributed by atoms with Gasteiger partial charge in [-0.2, -0.15) is 0 Å². The quantitative estimate of drug-likeness (QED) is 0.767. The van der Waals surface area contributed by atoms with Crippen LogP contribution in [0.15, 0.2) is 22.7 Å². The first-order valence-electron chi connectivity index (χ1n) is 6.56. The second-order valence-corrected chi connectivity index (χ2v) is 4.48. The SMILES string of the molecule is CCOC(=O)C1=C(O)C(C)C(C(=O)OCC)=C(O)C1C. The standard InChI is InChI=1S/C14H20O6/c1-5-19-13(17)9-7(3)12(16)10(8(4)11(9)15)14(18)20-6-2/h7-8,15-16H,5-6H2,1-4H3. The van der Waals surface area contributed by atoms with Gasteiger partial charge in [-0.05, 0) is 13.8 Å². The zero-order valence-corrected chi connectivity index (χ0v) is 12.1. The lowest BCUT2D eigenvalue weighted by Crippen LogP contribution is -2.30. The van der Waals surface area contributed by atoms with E-state index in [2.05, 4.69) is 0 Å². The Morgan fingerprint density at radius 1 is 0.900 bits per heavy atom. The molecule has 2 unspecified atom stereocenters. The van der Waals surface area contributed by atoms with E-state index in [-0.39, 0.29) is 35.9 Å². The van der Waals surface area contributed by atoms with Crippen LogP contribution >= 0.6 is 0 Å². The van der Waals surface area contributed by atoms with Crippen LogP contribution in [0, 0.1) is 11.8 Å². The van der Waals surface area contributed by atoms with Gasteiger partial charge >= 0.3 is 11.9 Å². The summed E-state index contributed by atoms with van der Waals surface area (Å²) in [7, 11) is 0. The molecule has 0 aromatic rings. The first kappa shape index (κ1) is 16.1. The number of carbonyl (C=O) groups excluding carboxylic acids is 2. The van der Waals surface area contributed by atoms with Crippen LogP contribution in [0.4, 0.5) is 0 Å². The summed E-state index contributed by atoms with van der Waals surface area (Å²) >= 11 is 0. The largest absolute Gasteiger partial charge is 0.511 e. The van der Waals surface area contributed by atoms with Gasteiger partial charge < -0.3 is 19.7 Å². The Morgan fingerprint density at radius 2 is 1.20 bits per heavy atom. The number of carbonyl (C=O) groups is 2. The molecule has 0 radical (unpaired) electrons. The van der Waals surface area contributed by atoms with Crippen molar-refractivity contribution in [1.82, 2.24) is 0 Å².